The van der Waals surface area contributed by atoms with Gasteiger partial charge in [-0.05, 0) is 0 Å². The zero-order valence-electron chi connectivity index (χ0n) is 1.75. The van der Waals surface area contributed by atoms with Crippen molar-refractivity contribution in [3.63, 3.8) is 0 Å². The van der Waals surface area contributed by atoms with Gasteiger partial charge >= 0.3 is 0 Å². The molecule has 0 heterocycles. The van der Waals surface area contributed by atoms with Gasteiger partial charge in [0.25, 0.3) is 0 Å². The van der Waals surface area contributed by atoms with Crippen LogP contribution in [0.15, 0.2) is 5.34 Å². The van der Waals surface area contributed by atoms with E-state index in [4.69, 9.17) is 10.1 Å². The second-order valence-electron chi connectivity index (χ2n) is 0.0816. The van der Waals surface area contributed by atoms with Gasteiger partial charge in [0.15, 0.2) is 5.34 Å². The molecule has 0 aliphatic rings. The van der Waals surface area contributed by atoms with Crippen molar-refractivity contribution in [1.29, 1.82) is 0 Å². The first kappa shape index (κ1) is 8.91. The third-order valence-corrected chi connectivity index (χ3v) is 0. The van der Waals surface area contributed by atoms with Crippen LogP contribution in [0.25, 0.3) is 0 Å². The molecule has 0 aromatic rings. The standard InChI is InChI=1S/HNO2.Nb/c2-1-3;/h(H,2,3);/q;-1. The summed E-state index contributed by atoms with van der Waals surface area (Å²) in [6.07, 6.45) is 0. The zero-order chi connectivity index (χ0) is 2.71. The van der Waals surface area contributed by atoms with E-state index in [9.17, 15) is 0 Å². The molecule has 0 saturated carbocycles. The minimum absolute atomic E-state index is 0. The molecule has 0 fully saturated rings. The molecular weight excluding hydrogens is 139 g/mol. The minimum atomic E-state index is 0. The number of nitrogens with zero attached hydrogens (tertiary/aromatic N) is 1. The molecule has 0 spiro atoms. The molecule has 3 nitrogen and oxygen atoms in total. The van der Waals surface area contributed by atoms with Crippen molar-refractivity contribution < 1.29 is 27.6 Å². The fourth-order valence-corrected chi connectivity index (χ4v) is 0. The van der Waals surface area contributed by atoms with Crippen LogP contribution in [0.4, 0.5) is 0 Å². The Bertz CT molecular complexity index is 13.5. The Labute approximate surface area is 38.5 Å². The number of rotatable bonds is 0. The maximum Gasteiger partial charge on any atom is 0.152 e. The topological polar surface area (TPSA) is 49.7 Å². The summed E-state index contributed by atoms with van der Waals surface area (Å²) < 4.78 is 0. The van der Waals surface area contributed by atoms with E-state index < -0.39 is 0 Å². The van der Waals surface area contributed by atoms with Crippen molar-refractivity contribution in [2.45, 2.75) is 0 Å². The van der Waals surface area contributed by atoms with Gasteiger partial charge in [0.05, 0.1) is 0 Å². The van der Waals surface area contributed by atoms with E-state index in [2.05, 4.69) is 0 Å². The van der Waals surface area contributed by atoms with E-state index >= 15 is 0 Å². The maximum atomic E-state index is 8.11. The molecule has 0 bridgehead atoms. The van der Waals surface area contributed by atoms with Crippen molar-refractivity contribution >= 4 is 0 Å². The molecule has 1 N–H and O–H groups in total. The number of hydrogen-bond acceptors (Lipinski definition) is 2. The van der Waals surface area contributed by atoms with Crippen LogP contribution in [0.2, 0.25) is 0 Å². The van der Waals surface area contributed by atoms with Crippen molar-refractivity contribution in [1.82, 2.24) is 0 Å². The normalized spacial score (nSPS) is 3.00. The summed E-state index contributed by atoms with van der Waals surface area (Å²) >= 11 is 0. The fraction of sp³-hybridized carbons (Fsp3) is 0. The Hall–Kier alpha value is 0.140. The fourth-order valence-electron chi connectivity index (χ4n) is 0. The first-order valence-corrected chi connectivity index (χ1v) is 0.383. The molecule has 0 aromatic heterocycles. The van der Waals surface area contributed by atoms with Crippen molar-refractivity contribution in [3.05, 3.63) is 4.91 Å². The molecule has 0 saturated heterocycles. The Kier molecular flexibility index (Phi) is 24.7. The molecule has 0 unspecified atom stereocenters. The molecular formula is HNNbO2-. The van der Waals surface area contributed by atoms with Crippen molar-refractivity contribution in [2.24, 2.45) is 5.34 Å². The van der Waals surface area contributed by atoms with E-state index in [1.54, 1.807) is 0 Å². The average Bonchev–Trinajstić information content (AvgIpc) is 0.918. The van der Waals surface area contributed by atoms with Gasteiger partial charge in [-0.25, -0.2) is 0 Å². The van der Waals surface area contributed by atoms with Gasteiger partial charge in [0, 0.05) is 0 Å². The molecule has 0 radical (unpaired) electrons. The van der Waals surface area contributed by atoms with Gasteiger partial charge in [0.2, 0.25) is 0 Å². The summed E-state index contributed by atoms with van der Waals surface area (Å²) in [7, 11) is 0. The second kappa shape index (κ2) is 11.1. The van der Waals surface area contributed by atoms with Gasteiger partial charge in [-0.2, -0.15) is 0 Å². The quantitative estimate of drug-likeness (QED) is 0.295. The molecule has 0 aliphatic carbocycles. The zero-order valence-corrected chi connectivity index (χ0v) is 3.95. The van der Waals surface area contributed by atoms with E-state index in [0.717, 1.165) is 0 Å². The van der Waals surface area contributed by atoms with Gasteiger partial charge in [-0.15, -0.1) is 4.91 Å². The first-order chi connectivity index (χ1) is 1.41. The summed E-state index contributed by atoms with van der Waals surface area (Å²) in [5, 5.41) is 7.89. The number of hydrogen-bond donors (Lipinski definition) is 1. The molecule has 4 heteroatoms. The summed E-state index contributed by atoms with van der Waals surface area (Å²) in [5.74, 6) is 0. The minimum Gasteiger partial charge on any atom is -1.00 e. The largest absolute Gasteiger partial charge is 1.00 e. The van der Waals surface area contributed by atoms with E-state index in [0.29, 0.717) is 0 Å². The second-order valence-corrected chi connectivity index (χ2v) is 0.0816. The third-order valence-electron chi connectivity index (χ3n) is 0. The van der Waals surface area contributed by atoms with Crippen molar-refractivity contribution in [3.8, 4) is 0 Å². The van der Waals surface area contributed by atoms with Crippen LogP contribution < -0.4 is 0 Å². The van der Waals surface area contributed by atoms with Gasteiger partial charge in [-0.1, -0.05) is 0 Å². The van der Waals surface area contributed by atoms with Crippen LogP contribution in [0.1, 0.15) is 0 Å². The van der Waals surface area contributed by atoms with Gasteiger partial charge in [-0.3, -0.25) is 0 Å². The predicted molar refractivity (Wildman–Crippen MR) is 7.58 cm³/mol. The molecule has 24 valence electrons. The summed E-state index contributed by atoms with van der Waals surface area (Å²) in [6.45, 7) is 0. The smallest absolute Gasteiger partial charge is 0.152 e. The monoisotopic (exact) mass is 140 g/mol. The summed E-state index contributed by atoms with van der Waals surface area (Å²) in [5.41, 5.74) is 0. The average molecular weight is 140 g/mol. The molecule has 4 heavy (non-hydrogen) atoms. The van der Waals surface area contributed by atoms with Gasteiger partial charge < -0.3 is 27.6 Å². The molecule has 0 amide bonds. The Morgan fingerprint density at radius 2 is 1.75 bits per heavy atom. The predicted octanol–water partition coefficient (Wildman–Crippen LogP) is 0.140. The van der Waals surface area contributed by atoms with E-state index in [1.165, 1.54) is 5.34 Å². The first-order valence-electron chi connectivity index (χ1n) is 0.383. The Morgan fingerprint density at radius 1 is 1.75 bits per heavy atom. The van der Waals surface area contributed by atoms with Crippen LogP contribution in [-0.2, 0) is 22.4 Å². The van der Waals surface area contributed by atoms with Crippen LogP contribution in [-0.4, -0.2) is 5.21 Å². The van der Waals surface area contributed by atoms with Gasteiger partial charge in [0.1, 0.15) is 0 Å². The molecule has 0 aromatic carbocycles. The SMILES string of the molecule is O=NO.[Nb-]. The molecule has 0 aliphatic heterocycles. The molecule has 0 atom stereocenters. The van der Waals surface area contributed by atoms with Crippen molar-refractivity contribution in [2.75, 3.05) is 0 Å². The van der Waals surface area contributed by atoms with Crippen LogP contribution in [0.5, 0.6) is 0 Å². The Morgan fingerprint density at radius 3 is 1.75 bits per heavy atom. The van der Waals surface area contributed by atoms with E-state index in [-0.39, 0.29) is 22.4 Å². The van der Waals surface area contributed by atoms with Crippen LogP contribution in [0.3, 0.4) is 0 Å². The summed E-state index contributed by atoms with van der Waals surface area (Å²) in [4.78, 5) is 8.11. The van der Waals surface area contributed by atoms with E-state index in [1.807, 2.05) is 0 Å². The maximum absolute atomic E-state index is 8.11. The molecule has 0 rings (SSSR count). The van der Waals surface area contributed by atoms with Crippen LogP contribution >= 0.6 is 0 Å². The summed E-state index contributed by atoms with van der Waals surface area (Å²) in [6, 6.07) is 0. The third kappa shape index (κ3) is 141. The Balaban J connectivity index is 0. The van der Waals surface area contributed by atoms with Crippen LogP contribution in [0, 0.1) is 4.91 Å².